The molecule has 0 bridgehead atoms. The number of hydrogen-bond acceptors (Lipinski definition) is 3. The molecule has 9 heavy (non-hydrogen) atoms. The Morgan fingerprint density at radius 1 is 1.78 bits per heavy atom. The van der Waals surface area contributed by atoms with E-state index < -0.39 is 12.3 Å². The predicted octanol–water partition coefficient (Wildman–Crippen LogP) is 0.444. The number of carbonyl (C=O) groups is 1. The normalized spacial score (nSPS) is 13.7. The van der Waals surface area contributed by atoms with Crippen LogP contribution in [0.5, 0.6) is 0 Å². The Balaban J connectivity index is 3.51. The van der Waals surface area contributed by atoms with E-state index in [-0.39, 0.29) is 0 Å². The SMILES string of the molecule is C/C=C/C(=O)OC(C)O. The van der Waals surface area contributed by atoms with Gasteiger partial charge in [0.1, 0.15) is 0 Å². The van der Waals surface area contributed by atoms with Gasteiger partial charge in [-0.25, -0.2) is 4.79 Å². The molecule has 0 aliphatic carbocycles. The molecule has 0 aliphatic rings. The van der Waals surface area contributed by atoms with Gasteiger partial charge in [-0.2, -0.15) is 0 Å². The van der Waals surface area contributed by atoms with Crippen molar-refractivity contribution in [1.29, 1.82) is 0 Å². The van der Waals surface area contributed by atoms with Crippen molar-refractivity contribution >= 4 is 5.97 Å². The lowest BCUT2D eigenvalue weighted by Crippen LogP contribution is -2.11. The first kappa shape index (κ1) is 8.17. The molecule has 0 aromatic carbocycles. The Morgan fingerprint density at radius 2 is 2.33 bits per heavy atom. The average molecular weight is 130 g/mol. The van der Waals surface area contributed by atoms with E-state index >= 15 is 0 Å². The molecule has 0 spiro atoms. The Labute approximate surface area is 53.9 Å². The van der Waals surface area contributed by atoms with Crippen LogP contribution in [0, 0.1) is 0 Å². The first-order chi connectivity index (χ1) is 4.16. The fourth-order valence-electron chi connectivity index (χ4n) is 0.343. The molecule has 0 amide bonds. The number of carbonyl (C=O) groups excluding carboxylic acids is 1. The maximum Gasteiger partial charge on any atom is 0.332 e. The lowest BCUT2D eigenvalue weighted by atomic mass is 10.5. The van der Waals surface area contributed by atoms with Crippen molar-refractivity contribution in [2.75, 3.05) is 0 Å². The van der Waals surface area contributed by atoms with Gasteiger partial charge >= 0.3 is 5.97 Å². The first-order valence-corrected chi connectivity index (χ1v) is 2.68. The molecule has 0 heterocycles. The average Bonchev–Trinajstić information content (AvgIpc) is 1.63. The number of allylic oxidation sites excluding steroid dienone is 1. The van der Waals surface area contributed by atoms with Crippen LogP contribution in [0.4, 0.5) is 0 Å². The molecular formula is C6H10O3. The summed E-state index contributed by atoms with van der Waals surface area (Å²) in [4.78, 5) is 10.4. The van der Waals surface area contributed by atoms with Crippen molar-refractivity contribution in [1.82, 2.24) is 0 Å². The van der Waals surface area contributed by atoms with Crippen molar-refractivity contribution < 1.29 is 14.6 Å². The van der Waals surface area contributed by atoms with Crippen molar-refractivity contribution in [3.8, 4) is 0 Å². The number of rotatable bonds is 2. The van der Waals surface area contributed by atoms with Gasteiger partial charge in [-0.15, -0.1) is 0 Å². The van der Waals surface area contributed by atoms with Crippen LogP contribution in [0.15, 0.2) is 12.2 Å². The first-order valence-electron chi connectivity index (χ1n) is 2.68. The summed E-state index contributed by atoms with van der Waals surface area (Å²) < 4.78 is 4.32. The monoisotopic (exact) mass is 130 g/mol. The molecule has 1 atom stereocenters. The predicted molar refractivity (Wildman–Crippen MR) is 32.6 cm³/mol. The third-order valence-corrected chi connectivity index (χ3v) is 0.589. The van der Waals surface area contributed by atoms with E-state index in [1.165, 1.54) is 13.0 Å². The highest BCUT2D eigenvalue weighted by atomic mass is 16.6. The summed E-state index contributed by atoms with van der Waals surface area (Å²) in [5.41, 5.74) is 0. The van der Waals surface area contributed by atoms with E-state index in [4.69, 9.17) is 5.11 Å². The molecule has 0 saturated carbocycles. The maximum absolute atomic E-state index is 10.4. The maximum atomic E-state index is 10.4. The fraction of sp³-hybridized carbons (Fsp3) is 0.500. The van der Waals surface area contributed by atoms with Gasteiger partial charge in [-0.3, -0.25) is 0 Å². The van der Waals surface area contributed by atoms with Crippen LogP contribution >= 0.6 is 0 Å². The second-order valence-corrected chi connectivity index (χ2v) is 1.54. The standard InChI is InChI=1S/C6H10O3/c1-3-4-6(8)9-5(2)7/h3-5,7H,1-2H3/b4-3+. The lowest BCUT2D eigenvalue weighted by Gasteiger charge is -2.01. The third-order valence-electron chi connectivity index (χ3n) is 0.589. The topological polar surface area (TPSA) is 46.5 Å². The second-order valence-electron chi connectivity index (χ2n) is 1.54. The van der Waals surface area contributed by atoms with Crippen molar-refractivity contribution in [2.24, 2.45) is 0 Å². The molecule has 52 valence electrons. The van der Waals surface area contributed by atoms with Crippen LogP contribution in [-0.4, -0.2) is 17.4 Å². The van der Waals surface area contributed by atoms with Crippen LogP contribution in [0.25, 0.3) is 0 Å². The van der Waals surface area contributed by atoms with Gasteiger partial charge < -0.3 is 9.84 Å². The van der Waals surface area contributed by atoms with Gasteiger partial charge in [0.05, 0.1) is 0 Å². The molecule has 0 aliphatic heterocycles. The number of aliphatic hydroxyl groups excluding tert-OH is 1. The van der Waals surface area contributed by atoms with E-state index in [9.17, 15) is 4.79 Å². The van der Waals surface area contributed by atoms with Crippen LogP contribution in [-0.2, 0) is 9.53 Å². The smallest absolute Gasteiger partial charge is 0.332 e. The van der Waals surface area contributed by atoms with E-state index in [2.05, 4.69) is 4.74 Å². The van der Waals surface area contributed by atoms with Gasteiger partial charge in [0, 0.05) is 6.08 Å². The summed E-state index contributed by atoms with van der Waals surface area (Å²) in [6.45, 7) is 3.07. The Bertz CT molecular complexity index is 115. The van der Waals surface area contributed by atoms with E-state index in [0.29, 0.717) is 0 Å². The summed E-state index contributed by atoms with van der Waals surface area (Å²) in [6.07, 6.45) is 1.77. The molecule has 3 heteroatoms. The highest BCUT2D eigenvalue weighted by Crippen LogP contribution is 1.86. The fourth-order valence-corrected chi connectivity index (χ4v) is 0.343. The molecule has 0 aromatic heterocycles. The minimum atomic E-state index is -1.02. The largest absolute Gasteiger partial charge is 0.433 e. The van der Waals surface area contributed by atoms with Crippen LogP contribution in [0.1, 0.15) is 13.8 Å². The molecule has 0 rings (SSSR count). The van der Waals surface area contributed by atoms with Gasteiger partial charge in [0.25, 0.3) is 0 Å². The Kier molecular flexibility index (Phi) is 3.71. The molecule has 0 radical (unpaired) electrons. The number of hydrogen-bond donors (Lipinski definition) is 1. The third kappa shape index (κ3) is 5.03. The van der Waals surface area contributed by atoms with Crippen molar-refractivity contribution in [2.45, 2.75) is 20.1 Å². The number of esters is 1. The zero-order chi connectivity index (χ0) is 7.28. The highest BCUT2D eigenvalue weighted by Gasteiger charge is 1.98. The summed E-state index contributed by atoms with van der Waals surface area (Å²) in [5, 5.41) is 8.47. The molecule has 0 fully saturated rings. The van der Waals surface area contributed by atoms with Gasteiger partial charge in [0.15, 0.2) is 6.29 Å². The van der Waals surface area contributed by atoms with Gasteiger partial charge in [-0.1, -0.05) is 6.08 Å². The van der Waals surface area contributed by atoms with Crippen molar-refractivity contribution in [3.05, 3.63) is 12.2 Å². The highest BCUT2D eigenvalue weighted by molar-refractivity contribution is 5.81. The van der Waals surface area contributed by atoms with Crippen LogP contribution < -0.4 is 0 Å². The van der Waals surface area contributed by atoms with E-state index in [1.807, 2.05) is 0 Å². The number of ether oxygens (including phenoxy) is 1. The van der Waals surface area contributed by atoms with Gasteiger partial charge in [-0.05, 0) is 13.8 Å². The molecule has 0 aromatic rings. The second kappa shape index (κ2) is 4.09. The van der Waals surface area contributed by atoms with Crippen LogP contribution in [0.3, 0.4) is 0 Å². The molecular weight excluding hydrogens is 120 g/mol. The zero-order valence-electron chi connectivity index (χ0n) is 5.50. The summed E-state index contributed by atoms with van der Waals surface area (Å²) in [6, 6.07) is 0. The van der Waals surface area contributed by atoms with Gasteiger partial charge in [0.2, 0.25) is 0 Å². The summed E-state index contributed by atoms with van der Waals surface area (Å²) in [5.74, 6) is -0.521. The molecule has 1 unspecified atom stereocenters. The lowest BCUT2D eigenvalue weighted by molar-refractivity contribution is -0.158. The van der Waals surface area contributed by atoms with Crippen molar-refractivity contribution in [3.63, 3.8) is 0 Å². The number of aliphatic hydroxyl groups is 1. The quantitative estimate of drug-likeness (QED) is 0.335. The zero-order valence-corrected chi connectivity index (χ0v) is 5.50. The molecule has 1 N–H and O–H groups in total. The minimum absolute atomic E-state index is 0.521. The Morgan fingerprint density at radius 3 is 2.67 bits per heavy atom. The summed E-state index contributed by atoms with van der Waals surface area (Å²) >= 11 is 0. The van der Waals surface area contributed by atoms with E-state index in [0.717, 1.165) is 0 Å². The molecule has 0 saturated heterocycles. The van der Waals surface area contributed by atoms with E-state index in [1.54, 1.807) is 13.0 Å². The van der Waals surface area contributed by atoms with Crippen LogP contribution in [0.2, 0.25) is 0 Å². The molecule has 3 nitrogen and oxygen atoms in total. The Hall–Kier alpha value is -0.830. The minimum Gasteiger partial charge on any atom is -0.433 e. The summed E-state index contributed by atoms with van der Waals surface area (Å²) in [7, 11) is 0.